The van der Waals surface area contributed by atoms with Crippen LogP contribution in [-0.2, 0) is 4.74 Å². The molecule has 1 N–H and O–H groups in total. The molecule has 0 radical (unpaired) electrons. The van der Waals surface area contributed by atoms with Crippen molar-refractivity contribution >= 4 is 11.8 Å². The van der Waals surface area contributed by atoms with Gasteiger partial charge in [0.25, 0.3) is 0 Å². The summed E-state index contributed by atoms with van der Waals surface area (Å²) in [5, 5.41) is 10.7. The third-order valence-corrected chi connectivity index (χ3v) is 5.98. The van der Waals surface area contributed by atoms with Gasteiger partial charge in [0.15, 0.2) is 0 Å². The fraction of sp³-hybridized carbons (Fsp3) is 0.600. The van der Waals surface area contributed by atoms with Crippen LogP contribution in [0.2, 0.25) is 0 Å². The predicted octanol–water partition coefficient (Wildman–Crippen LogP) is 2.64. The van der Waals surface area contributed by atoms with Gasteiger partial charge in [0.1, 0.15) is 5.75 Å². The van der Waals surface area contributed by atoms with Crippen LogP contribution in [0.5, 0.6) is 5.75 Å². The van der Waals surface area contributed by atoms with Crippen LogP contribution in [0.25, 0.3) is 0 Å². The topological polar surface area (TPSA) is 38.7 Å². The molecule has 0 aromatic heterocycles. The highest BCUT2D eigenvalue weighted by molar-refractivity contribution is 8.00. The number of aliphatic hydroxyl groups is 1. The summed E-state index contributed by atoms with van der Waals surface area (Å²) in [7, 11) is 0. The Morgan fingerprint density at radius 3 is 2.74 bits per heavy atom. The highest BCUT2D eigenvalue weighted by Gasteiger charge is 2.46. The van der Waals surface area contributed by atoms with E-state index in [1.54, 1.807) is 0 Å². The van der Waals surface area contributed by atoms with Gasteiger partial charge in [-0.15, -0.1) is 0 Å². The zero-order valence-electron chi connectivity index (χ0n) is 11.2. The summed E-state index contributed by atoms with van der Waals surface area (Å²) in [5.74, 6) is 0.968. The number of ether oxygens (including phenoxy) is 2. The van der Waals surface area contributed by atoms with Crippen molar-refractivity contribution in [3.8, 4) is 5.75 Å². The van der Waals surface area contributed by atoms with Crippen LogP contribution in [-0.4, -0.2) is 35.9 Å². The molecule has 0 bridgehead atoms. The predicted molar refractivity (Wildman–Crippen MR) is 76.7 cm³/mol. The number of benzene rings is 1. The van der Waals surface area contributed by atoms with E-state index in [1.165, 1.54) is 0 Å². The molecule has 19 heavy (non-hydrogen) atoms. The number of fused-ring (bicyclic) bond motifs is 1. The van der Waals surface area contributed by atoms with Crippen molar-refractivity contribution in [1.82, 2.24) is 0 Å². The number of para-hydroxylation sites is 1. The van der Waals surface area contributed by atoms with E-state index in [0.717, 1.165) is 37.4 Å². The van der Waals surface area contributed by atoms with Crippen molar-refractivity contribution in [2.75, 3.05) is 26.1 Å². The second-order valence-corrected chi connectivity index (χ2v) is 6.50. The molecule has 1 aromatic rings. The Labute approximate surface area is 118 Å². The average Bonchev–Trinajstić information content (AvgIpc) is 2.48. The van der Waals surface area contributed by atoms with Crippen LogP contribution < -0.4 is 4.74 Å². The van der Waals surface area contributed by atoms with Crippen molar-refractivity contribution in [2.45, 2.75) is 23.7 Å². The summed E-state index contributed by atoms with van der Waals surface area (Å²) < 4.78 is 11.4. The van der Waals surface area contributed by atoms with E-state index in [-0.39, 0.29) is 10.7 Å². The molecular weight excluding hydrogens is 260 g/mol. The van der Waals surface area contributed by atoms with E-state index in [4.69, 9.17) is 9.47 Å². The number of hydrogen-bond donors (Lipinski definition) is 1. The molecule has 4 heteroatoms. The fourth-order valence-electron chi connectivity index (χ4n) is 3.23. The van der Waals surface area contributed by atoms with E-state index >= 15 is 0 Å². The largest absolute Gasteiger partial charge is 0.493 e. The zero-order valence-corrected chi connectivity index (χ0v) is 12.0. The van der Waals surface area contributed by atoms with Crippen LogP contribution in [0.15, 0.2) is 24.3 Å². The van der Waals surface area contributed by atoms with Gasteiger partial charge in [0, 0.05) is 29.4 Å². The molecular formula is C15H20O3S. The molecule has 0 saturated carbocycles. The smallest absolute Gasteiger partial charge is 0.125 e. The van der Waals surface area contributed by atoms with Crippen LogP contribution in [0.3, 0.4) is 0 Å². The van der Waals surface area contributed by atoms with Crippen molar-refractivity contribution in [2.24, 2.45) is 5.92 Å². The molecule has 3 nitrogen and oxygen atoms in total. The van der Waals surface area contributed by atoms with Gasteiger partial charge in [-0.05, 0) is 25.2 Å². The van der Waals surface area contributed by atoms with Gasteiger partial charge in [-0.3, -0.25) is 0 Å². The van der Waals surface area contributed by atoms with Gasteiger partial charge in [-0.1, -0.05) is 18.2 Å². The van der Waals surface area contributed by atoms with Gasteiger partial charge in [-0.2, -0.15) is 11.8 Å². The molecule has 2 atom stereocenters. The lowest BCUT2D eigenvalue weighted by Gasteiger charge is -2.46. The van der Waals surface area contributed by atoms with Gasteiger partial charge >= 0.3 is 0 Å². The lowest BCUT2D eigenvalue weighted by atomic mass is 9.78. The van der Waals surface area contributed by atoms with E-state index in [1.807, 2.05) is 36.0 Å². The van der Waals surface area contributed by atoms with Crippen LogP contribution in [0, 0.1) is 5.92 Å². The zero-order chi connectivity index (χ0) is 13.3. The Balaban J connectivity index is 1.90. The molecule has 0 aliphatic carbocycles. The first-order valence-electron chi connectivity index (χ1n) is 6.79. The van der Waals surface area contributed by atoms with Crippen molar-refractivity contribution < 1.29 is 14.6 Å². The van der Waals surface area contributed by atoms with Crippen molar-refractivity contribution in [3.63, 3.8) is 0 Å². The molecule has 1 fully saturated rings. The van der Waals surface area contributed by atoms with Gasteiger partial charge in [0.05, 0.1) is 12.7 Å². The molecule has 1 saturated heterocycles. The molecule has 2 aliphatic rings. The minimum Gasteiger partial charge on any atom is -0.493 e. The third kappa shape index (κ3) is 2.26. The average molecular weight is 280 g/mol. The Bertz CT molecular complexity index is 443. The molecule has 0 amide bonds. The molecule has 104 valence electrons. The maximum absolute atomic E-state index is 10.7. The Kier molecular flexibility index (Phi) is 3.74. The van der Waals surface area contributed by atoms with Crippen LogP contribution in [0.4, 0.5) is 0 Å². The Morgan fingerprint density at radius 1 is 1.26 bits per heavy atom. The summed E-state index contributed by atoms with van der Waals surface area (Å²) in [6.45, 7) is 2.16. The summed E-state index contributed by atoms with van der Waals surface area (Å²) in [5.41, 5.74) is 0.929. The SMILES string of the molecule is CSC1(C2COc3ccccc3C2O)CCOCC1. The fourth-order valence-corrected chi connectivity index (χ4v) is 4.30. The monoisotopic (exact) mass is 280 g/mol. The summed E-state index contributed by atoms with van der Waals surface area (Å²) >= 11 is 1.86. The molecule has 2 unspecified atom stereocenters. The molecule has 3 rings (SSSR count). The van der Waals surface area contributed by atoms with E-state index < -0.39 is 6.10 Å². The number of aliphatic hydroxyl groups excluding tert-OH is 1. The van der Waals surface area contributed by atoms with Crippen LogP contribution >= 0.6 is 11.8 Å². The van der Waals surface area contributed by atoms with E-state index in [2.05, 4.69) is 6.26 Å². The molecule has 1 aromatic carbocycles. The first-order chi connectivity index (χ1) is 9.27. The van der Waals surface area contributed by atoms with E-state index in [0.29, 0.717) is 6.61 Å². The van der Waals surface area contributed by atoms with E-state index in [9.17, 15) is 5.11 Å². The maximum atomic E-state index is 10.7. The highest BCUT2D eigenvalue weighted by Crippen LogP contribution is 2.49. The molecule has 2 heterocycles. The van der Waals surface area contributed by atoms with Crippen molar-refractivity contribution in [3.05, 3.63) is 29.8 Å². The number of hydrogen-bond acceptors (Lipinski definition) is 4. The normalized spacial score (nSPS) is 29.4. The Hall–Kier alpha value is -0.710. The van der Waals surface area contributed by atoms with Crippen LogP contribution in [0.1, 0.15) is 24.5 Å². The second kappa shape index (κ2) is 5.35. The highest BCUT2D eigenvalue weighted by atomic mass is 32.2. The first kappa shape index (κ1) is 13.3. The lowest BCUT2D eigenvalue weighted by Crippen LogP contribution is -2.47. The van der Waals surface area contributed by atoms with Gasteiger partial charge in [-0.25, -0.2) is 0 Å². The minimum absolute atomic E-state index is 0.0746. The standard InChI is InChI=1S/C15H20O3S/c1-19-15(6-8-17-9-7-15)12-10-18-13-5-3-2-4-11(13)14(12)16/h2-5,12,14,16H,6-10H2,1H3. The second-order valence-electron chi connectivity index (χ2n) is 5.28. The quantitative estimate of drug-likeness (QED) is 0.904. The Morgan fingerprint density at radius 2 is 2.00 bits per heavy atom. The summed E-state index contributed by atoms with van der Waals surface area (Å²) in [6.07, 6.45) is 3.68. The summed E-state index contributed by atoms with van der Waals surface area (Å²) in [6, 6.07) is 7.82. The van der Waals surface area contributed by atoms with Crippen molar-refractivity contribution in [1.29, 1.82) is 0 Å². The lowest BCUT2D eigenvalue weighted by molar-refractivity contribution is -0.0106. The number of rotatable bonds is 2. The maximum Gasteiger partial charge on any atom is 0.125 e. The summed E-state index contributed by atoms with van der Waals surface area (Å²) in [4.78, 5) is 0. The minimum atomic E-state index is -0.435. The molecule has 0 spiro atoms. The van der Waals surface area contributed by atoms with Gasteiger partial charge < -0.3 is 14.6 Å². The van der Waals surface area contributed by atoms with Gasteiger partial charge in [0.2, 0.25) is 0 Å². The third-order valence-electron chi connectivity index (χ3n) is 4.46. The number of thioether (sulfide) groups is 1. The molecule has 2 aliphatic heterocycles. The first-order valence-corrected chi connectivity index (χ1v) is 8.02.